The van der Waals surface area contributed by atoms with Crippen molar-refractivity contribution in [2.24, 2.45) is 0 Å². The number of hydrogen-bond acceptors (Lipinski definition) is 5. The molecule has 1 saturated heterocycles. The van der Waals surface area contributed by atoms with Crippen LogP contribution in [-0.4, -0.2) is 59.9 Å². The van der Waals surface area contributed by atoms with E-state index in [-0.39, 0.29) is 31.3 Å². The summed E-state index contributed by atoms with van der Waals surface area (Å²) >= 11 is 1.52. The van der Waals surface area contributed by atoms with Gasteiger partial charge in [0.25, 0.3) is 5.91 Å². The minimum Gasteiger partial charge on any atom is -0.467 e. The fourth-order valence-corrected chi connectivity index (χ4v) is 7.26. The number of ether oxygens (including phenoxy) is 1. The van der Waals surface area contributed by atoms with Crippen LogP contribution in [0.3, 0.4) is 0 Å². The topological polar surface area (TPSA) is 66.9 Å². The molecule has 6 nitrogen and oxygen atoms in total. The van der Waals surface area contributed by atoms with Crippen LogP contribution in [-0.2, 0) is 33.3 Å². The van der Waals surface area contributed by atoms with E-state index >= 15 is 0 Å². The number of carbonyl (C=O) groups is 3. The lowest BCUT2D eigenvalue weighted by molar-refractivity contribution is -0.146. The minimum atomic E-state index is -4.44. The second-order valence-electron chi connectivity index (χ2n) is 12.6. The standard InChI is InChI=1S/C41H37F3N2O4S/c1-50-40(49)37(25-28-11-13-30(14-12-28)29-7-3-2-4-8-29)46(27-35-9-5-23-45(35)38(47)26-36-10-6-24-51-36)39(48)33-17-15-31(16-18-33)32-19-21-34(22-20-32)41(42,43)44/h2-4,6-8,10-22,24,35,37H,5,9,23,25-27H2,1H3/t35-,37+/m1/s1. The highest BCUT2D eigenvalue weighted by Gasteiger charge is 2.37. The summed E-state index contributed by atoms with van der Waals surface area (Å²) in [5.41, 5.74) is 3.66. The second kappa shape index (κ2) is 15.8. The number of esters is 1. The van der Waals surface area contributed by atoms with Crippen LogP contribution >= 0.6 is 11.3 Å². The van der Waals surface area contributed by atoms with Crippen molar-refractivity contribution in [2.75, 3.05) is 20.2 Å². The molecule has 0 aliphatic carbocycles. The number of nitrogens with zero attached hydrogens (tertiary/aromatic N) is 2. The molecule has 0 radical (unpaired) electrons. The van der Waals surface area contributed by atoms with Crippen LogP contribution in [0.4, 0.5) is 13.2 Å². The average molecular weight is 711 g/mol. The van der Waals surface area contributed by atoms with E-state index in [1.54, 1.807) is 24.3 Å². The van der Waals surface area contributed by atoms with Crippen LogP contribution < -0.4 is 0 Å². The van der Waals surface area contributed by atoms with E-state index in [1.165, 1.54) is 35.5 Å². The van der Waals surface area contributed by atoms with Crippen molar-refractivity contribution < 1.29 is 32.3 Å². The van der Waals surface area contributed by atoms with E-state index in [2.05, 4.69) is 0 Å². The Morgan fingerprint density at radius 3 is 2.02 bits per heavy atom. The molecule has 0 N–H and O–H groups in total. The van der Waals surface area contributed by atoms with E-state index < -0.39 is 29.7 Å². The van der Waals surface area contributed by atoms with Crippen molar-refractivity contribution in [3.05, 3.63) is 142 Å². The summed E-state index contributed by atoms with van der Waals surface area (Å²) in [7, 11) is 1.29. The molecule has 10 heteroatoms. The summed E-state index contributed by atoms with van der Waals surface area (Å²) in [5, 5.41) is 1.93. The Balaban J connectivity index is 1.29. The summed E-state index contributed by atoms with van der Waals surface area (Å²) in [4.78, 5) is 45.8. The number of amides is 2. The van der Waals surface area contributed by atoms with Crippen molar-refractivity contribution in [1.29, 1.82) is 0 Å². The number of carbonyl (C=O) groups excluding carboxylic acids is 3. The van der Waals surface area contributed by atoms with Crippen molar-refractivity contribution in [1.82, 2.24) is 9.80 Å². The zero-order valence-corrected chi connectivity index (χ0v) is 28.8. The lowest BCUT2D eigenvalue weighted by Gasteiger charge is -2.35. The van der Waals surface area contributed by atoms with Crippen molar-refractivity contribution in [2.45, 2.75) is 43.9 Å². The van der Waals surface area contributed by atoms with Crippen LogP contribution in [0.25, 0.3) is 22.3 Å². The van der Waals surface area contributed by atoms with Gasteiger partial charge in [-0.1, -0.05) is 84.9 Å². The van der Waals surface area contributed by atoms with E-state index in [0.29, 0.717) is 29.7 Å². The van der Waals surface area contributed by atoms with Crippen molar-refractivity contribution >= 4 is 29.1 Å². The Labute approximate surface area is 299 Å². The van der Waals surface area contributed by atoms with Gasteiger partial charge < -0.3 is 14.5 Å². The quantitative estimate of drug-likeness (QED) is 0.129. The first kappa shape index (κ1) is 35.6. The third kappa shape index (κ3) is 8.57. The first-order chi connectivity index (χ1) is 24.6. The van der Waals surface area contributed by atoms with E-state index in [9.17, 15) is 27.6 Å². The third-order valence-electron chi connectivity index (χ3n) is 9.29. The maximum atomic E-state index is 14.5. The lowest BCUT2D eigenvalue weighted by Crippen LogP contribution is -2.53. The number of benzene rings is 4. The predicted octanol–water partition coefficient (Wildman–Crippen LogP) is 8.56. The molecular weight excluding hydrogens is 674 g/mol. The molecule has 1 fully saturated rings. The zero-order valence-electron chi connectivity index (χ0n) is 28.0. The summed E-state index contributed by atoms with van der Waals surface area (Å²) in [6.07, 6.45) is -2.54. The molecule has 1 aliphatic heterocycles. The Bertz CT molecular complexity index is 1930. The van der Waals surface area contributed by atoms with Crippen LogP contribution in [0, 0.1) is 0 Å². The Kier molecular flexibility index (Phi) is 11.0. The molecular formula is C41H37F3N2O4S. The van der Waals surface area contributed by atoms with Gasteiger partial charge in [0, 0.05) is 36.0 Å². The van der Waals surface area contributed by atoms with Gasteiger partial charge in [0.1, 0.15) is 6.04 Å². The van der Waals surface area contributed by atoms with Gasteiger partial charge in [-0.15, -0.1) is 11.3 Å². The second-order valence-corrected chi connectivity index (χ2v) is 13.6. The summed E-state index contributed by atoms with van der Waals surface area (Å²) in [6, 6.07) is 31.7. The molecule has 51 heavy (non-hydrogen) atoms. The van der Waals surface area contributed by atoms with E-state index in [4.69, 9.17) is 4.74 Å². The molecule has 2 atom stereocenters. The highest BCUT2D eigenvalue weighted by molar-refractivity contribution is 7.10. The van der Waals surface area contributed by atoms with Gasteiger partial charge in [-0.2, -0.15) is 13.2 Å². The Morgan fingerprint density at radius 1 is 0.824 bits per heavy atom. The van der Waals surface area contributed by atoms with Crippen LogP contribution in [0.15, 0.2) is 121 Å². The van der Waals surface area contributed by atoms with Gasteiger partial charge in [-0.3, -0.25) is 9.59 Å². The molecule has 2 heterocycles. The Hall–Kier alpha value is -5.22. The number of alkyl halides is 3. The first-order valence-corrected chi connectivity index (χ1v) is 17.6. The van der Waals surface area contributed by atoms with Crippen molar-refractivity contribution in [3.8, 4) is 22.3 Å². The molecule has 0 unspecified atom stereocenters. The van der Waals surface area contributed by atoms with E-state index in [0.717, 1.165) is 40.1 Å². The highest BCUT2D eigenvalue weighted by Crippen LogP contribution is 2.31. The molecule has 5 aromatic rings. The van der Waals surface area contributed by atoms with Gasteiger partial charge in [-0.05, 0) is 76.4 Å². The molecule has 0 bridgehead atoms. The number of methoxy groups -OCH3 is 1. The van der Waals surface area contributed by atoms with E-state index in [1.807, 2.05) is 77.0 Å². The largest absolute Gasteiger partial charge is 0.467 e. The minimum absolute atomic E-state index is 0.0284. The maximum Gasteiger partial charge on any atom is 0.416 e. The predicted molar refractivity (Wildman–Crippen MR) is 192 cm³/mol. The van der Waals surface area contributed by atoms with Gasteiger partial charge >= 0.3 is 12.1 Å². The number of thiophene rings is 1. The van der Waals surface area contributed by atoms with Crippen LogP contribution in [0.1, 0.15) is 39.2 Å². The number of rotatable bonds is 11. The normalized spacial score (nSPS) is 15.0. The van der Waals surface area contributed by atoms with Crippen LogP contribution in [0.2, 0.25) is 0 Å². The van der Waals surface area contributed by atoms with Gasteiger partial charge in [-0.25, -0.2) is 4.79 Å². The molecule has 0 saturated carbocycles. The summed E-state index contributed by atoms with van der Waals surface area (Å²) in [5.74, 6) is -1.02. The molecule has 1 aromatic heterocycles. The molecule has 2 amide bonds. The number of halogens is 3. The number of hydrogen-bond donors (Lipinski definition) is 0. The van der Waals surface area contributed by atoms with Gasteiger partial charge in [0.05, 0.1) is 19.1 Å². The van der Waals surface area contributed by atoms with Crippen LogP contribution in [0.5, 0.6) is 0 Å². The van der Waals surface area contributed by atoms with Gasteiger partial charge in [0.15, 0.2) is 0 Å². The molecule has 262 valence electrons. The average Bonchev–Trinajstić information content (AvgIpc) is 3.85. The van der Waals surface area contributed by atoms with Gasteiger partial charge in [0.2, 0.25) is 5.91 Å². The monoisotopic (exact) mass is 710 g/mol. The smallest absolute Gasteiger partial charge is 0.416 e. The zero-order chi connectivity index (χ0) is 36.0. The highest BCUT2D eigenvalue weighted by atomic mass is 32.1. The molecule has 4 aromatic carbocycles. The van der Waals surface area contributed by atoms with Crippen molar-refractivity contribution in [3.63, 3.8) is 0 Å². The fourth-order valence-electron chi connectivity index (χ4n) is 6.56. The summed E-state index contributed by atoms with van der Waals surface area (Å²) in [6.45, 7) is 0.681. The third-order valence-corrected chi connectivity index (χ3v) is 10.2. The molecule has 1 aliphatic rings. The molecule has 0 spiro atoms. The maximum absolute atomic E-state index is 14.5. The first-order valence-electron chi connectivity index (χ1n) is 16.7. The SMILES string of the molecule is COC(=O)[C@H](Cc1ccc(-c2ccccc2)cc1)N(C[C@H]1CCCN1C(=O)Cc1cccs1)C(=O)c1ccc(-c2ccc(C(F)(F)F)cc2)cc1. The Morgan fingerprint density at radius 2 is 1.43 bits per heavy atom. The lowest BCUT2D eigenvalue weighted by atomic mass is 9.98. The number of likely N-dealkylation sites (tertiary alicyclic amines) is 1. The summed E-state index contributed by atoms with van der Waals surface area (Å²) < 4.78 is 44.6. The molecule has 6 rings (SSSR count). The fraction of sp³-hybridized carbons (Fsp3) is 0.244.